The molecule has 0 bridgehead atoms. The van der Waals surface area contributed by atoms with Crippen LogP contribution >= 0.6 is 0 Å². The summed E-state index contributed by atoms with van der Waals surface area (Å²) in [7, 11) is -3.50. The van der Waals surface area contributed by atoms with Gasteiger partial charge < -0.3 is 4.98 Å². The highest BCUT2D eigenvalue weighted by molar-refractivity contribution is 7.89. The molecule has 1 heterocycles. The number of nitrogens with one attached hydrogen (secondary N) is 2. The number of H-pyrrole nitrogens is 1. The van der Waals surface area contributed by atoms with Crippen LogP contribution in [0, 0.1) is 18.3 Å². The highest BCUT2D eigenvalue weighted by Gasteiger charge is 2.36. The molecule has 2 atom stereocenters. The zero-order valence-electron chi connectivity index (χ0n) is 12.7. The zero-order chi connectivity index (χ0) is 15.0. The first kappa shape index (κ1) is 15.5. The van der Waals surface area contributed by atoms with E-state index in [1.807, 2.05) is 0 Å². The van der Waals surface area contributed by atoms with E-state index in [9.17, 15) is 8.42 Å². The molecule has 0 radical (unpaired) electrons. The molecule has 2 unspecified atom stereocenters. The Balaban J connectivity index is 2.18. The van der Waals surface area contributed by atoms with Gasteiger partial charge in [0, 0.05) is 6.04 Å². The van der Waals surface area contributed by atoms with Crippen molar-refractivity contribution in [2.24, 2.45) is 11.3 Å². The molecule has 2 N–H and O–H groups in total. The lowest BCUT2D eigenvalue weighted by Crippen LogP contribution is -2.46. The van der Waals surface area contributed by atoms with E-state index in [0.717, 1.165) is 19.3 Å². The van der Waals surface area contributed by atoms with Crippen molar-refractivity contribution in [2.75, 3.05) is 0 Å². The third-order valence-corrected chi connectivity index (χ3v) is 5.55. The minimum atomic E-state index is -3.50. The number of hydrogen-bond acceptors (Lipinski definition) is 3. The second-order valence-electron chi connectivity index (χ2n) is 6.82. The van der Waals surface area contributed by atoms with E-state index in [0.29, 0.717) is 11.7 Å². The molecule has 1 aliphatic carbocycles. The lowest BCUT2D eigenvalue weighted by atomic mass is 9.70. The van der Waals surface area contributed by atoms with E-state index in [1.54, 1.807) is 6.92 Å². The quantitative estimate of drug-likeness (QED) is 0.901. The van der Waals surface area contributed by atoms with Crippen molar-refractivity contribution in [3.05, 3.63) is 12.0 Å². The molecule has 1 aromatic heterocycles. The molecular weight excluding hydrogens is 274 g/mol. The van der Waals surface area contributed by atoms with Crippen LogP contribution < -0.4 is 4.72 Å². The van der Waals surface area contributed by atoms with Gasteiger partial charge in [0.2, 0.25) is 0 Å². The van der Waals surface area contributed by atoms with Crippen LogP contribution in [0.2, 0.25) is 0 Å². The SMILES string of the molecule is Cc1ncc(S(=O)(=O)NC2CCCCC2C(C)(C)C)[nH]1. The molecule has 0 aromatic carbocycles. The highest BCUT2D eigenvalue weighted by atomic mass is 32.2. The molecule has 1 fully saturated rings. The van der Waals surface area contributed by atoms with Gasteiger partial charge in [-0.05, 0) is 31.1 Å². The van der Waals surface area contributed by atoms with E-state index in [1.165, 1.54) is 12.6 Å². The first-order valence-electron chi connectivity index (χ1n) is 7.24. The molecule has 0 amide bonds. The van der Waals surface area contributed by atoms with Gasteiger partial charge in [0.1, 0.15) is 5.82 Å². The Kier molecular flexibility index (Phi) is 4.25. The van der Waals surface area contributed by atoms with Crippen LogP contribution in [-0.4, -0.2) is 24.4 Å². The predicted octanol–water partition coefficient (Wildman–Crippen LogP) is 2.60. The van der Waals surface area contributed by atoms with Gasteiger partial charge in [-0.25, -0.2) is 18.1 Å². The maximum absolute atomic E-state index is 12.4. The number of nitrogens with zero attached hydrogens (tertiary/aromatic N) is 1. The summed E-state index contributed by atoms with van der Waals surface area (Å²) >= 11 is 0. The maximum Gasteiger partial charge on any atom is 0.257 e. The first-order valence-corrected chi connectivity index (χ1v) is 8.72. The van der Waals surface area contributed by atoms with E-state index < -0.39 is 10.0 Å². The van der Waals surface area contributed by atoms with E-state index in [4.69, 9.17) is 0 Å². The van der Waals surface area contributed by atoms with Gasteiger partial charge in [-0.2, -0.15) is 0 Å². The standard InChI is InChI=1S/C14H25N3O2S/c1-10-15-9-13(16-10)20(18,19)17-12-8-6-5-7-11(12)14(2,3)4/h9,11-12,17H,5-8H2,1-4H3,(H,15,16). The molecule has 0 spiro atoms. The van der Waals surface area contributed by atoms with Crippen LogP contribution in [0.1, 0.15) is 52.3 Å². The summed E-state index contributed by atoms with van der Waals surface area (Å²) in [5, 5.41) is 0.160. The fourth-order valence-electron chi connectivity index (χ4n) is 3.11. The van der Waals surface area contributed by atoms with Crippen molar-refractivity contribution in [3.63, 3.8) is 0 Å². The summed E-state index contributed by atoms with van der Waals surface area (Å²) in [6.45, 7) is 8.30. The number of rotatable bonds is 3. The van der Waals surface area contributed by atoms with Crippen LogP contribution in [0.15, 0.2) is 11.2 Å². The number of aromatic amines is 1. The maximum atomic E-state index is 12.4. The number of sulfonamides is 1. The highest BCUT2D eigenvalue weighted by Crippen LogP contribution is 2.38. The molecular formula is C14H25N3O2S. The van der Waals surface area contributed by atoms with Crippen molar-refractivity contribution in [1.29, 1.82) is 0 Å². The Morgan fingerprint density at radius 3 is 2.50 bits per heavy atom. The Hall–Kier alpha value is -0.880. The normalized spacial score (nSPS) is 24.8. The molecule has 6 heteroatoms. The van der Waals surface area contributed by atoms with Gasteiger partial charge in [0.25, 0.3) is 10.0 Å². The average Bonchev–Trinajstić information content (AvgIpc) is 2.75. The van der Waals surface area contributed by atoms with Crippen LogP contribution in [0.4, 0.5) is 0 Å². The predicted molar refractivity (Wildman–Crippen MR) is 78.8 cm³/mol. The van der Waals surface area contributed by atoms with Gasteiger partial charge in [-0.1, -0.05) is 33.6 Å². The van der Waals surface area contributed by atoms with Crippen LogP contribution in [-0.2, 0) is 10.0 Å². The topological polar surface area (TPSA) is 74.8 Å². The summed E-state index contributed by atoms with van der Waals surface area (Å²) in [4.78, 5) is 6.77. The number of hydrogen-bond donors (Lipinski definition) is 2. The Morgan fingerprint density at radius 2 is 1.95 bits per heavy atom. The number of aromatic nitrogens is 2. The second-order valence-corrected chi connectivity index (χ2v) is 8.50. The summed E-state index contributed by atoms with van der Waals surface area (Å²) in [6.07, 6.45) is 5.64. The Labute approximate surface area is 121 Å². The minimum absolute atomic E-state index is 0.0114. The van der Waals surface area contributed by atoms with Gasteiger partial charge >= 0.3 is 0 Å². The largest absolute Gasteiger partial charge is 0.332 e. The molecule has 20 heavy (non-hydrogen) atoms. The van der Waals surface area contributed by atoms with Crippen LogP contribution in [0.3, 0.4) is 0 Å². The van der Waals surface area contributed by atoms with Crippen molar-refractivity contribution < 1.29 is 8.42 Å². The lowest BCUT2D eigenvalue weighted by Gasteiger charge is -2.40. The minimum Gasteiger partial charge on any atom is -0.332 e. The summed E-state index contributed by atoms with van der Waals surface area (Å²) < 4.78 is 27.7. The molecule has 0 saturated heterocycles. The Morgan fingerprint density at radius 1 is 1.30 bits per heavy atom. The Bertz CT molecular complexity index is 557. The smallest absolute Gasteiger partial charge is 0.257 e. The monoisotopic (exact) mass is 299 g/mol. The molecule has 2 rings (SSSR count). The van der Waals surface area contributed by atoms with Gasteiger partial charge in [-0.3, -0.25) is 0 Å². The number of imidazole rings is 1. The fourth-order valence-corrected chi connectivity index (χ4v) is 4.39. The summed E-state index contributed by atoms with van der Waals surface area (Å²) in [5.74, 6) is 0.983. The van der Waals surface area contributed by atoms with Gasteiger partial charge in [0.05, 0.1) is 6.20 Å². The van der Waals surface area contributed by atoms with Crippen molar-refractivity contribution in [3.8, 4) is 0 Å². The fraction of sp³-hybridized carbons (Fsp3) is 0.786. The summed E-state index contributed by atoms with van der Waals surface area (Å²) in [6, 6.07) is 0.0114. The molecule has 0 aliphatic heterocycles. The van der Waals surface area contributed by atoms with Crippen molar-refractivity contribution >= 4 is 10.0 Å². The van der Waals surface area contributed by atoms with Gasteiger partial charge in [0.15, 0.2) is 5.03 Å². The zero-order valence-corrected chi connectivity index (χ0v) is 13.5. The van der Waals surface area contributed by atoms with Gasteiger partial charge in [-0.15, -0.1) is 0 Å². The average molecular weight is 299 g/mol. The number of aryl methyl sites for hydroxylation is 1. The molecule has 1 saturated carbocycles. The second kappa shape index (κ2) is 5.48. The van der Waals surface area contributed by atoms with E-state index in [-0.39, 0.29) is 16.5 Å². The lowest BCUT2D eigenvalue weighted by molar-refractivity contribution is 0.144. The van der Waals surface area contributed by atoms with Crippen LogP contribution in [0.5, 0.6) is 0 Å². The van der Waals surface area contributed by atoms with E-state index in [2.05, 4.69) is 35.5 Å². The van der Waals surface area contributed by atoms with Crippen LogP contribution in [0.25, 0.3) is 0 Å². The van der Waals surface area contributed by atoms with Crippen molar-refractivity contribution in [1.82, 2.24) is 14.7 Å². The van der Waals surface area contributed by atoms with E-state index >= 15 is 0 Å². The van der Waals surface area contributed by atoms with Crippen molar-refractivity contribution in [2.45, 2.75) is 64.4 Å². The molecule has 5 nitrogen and oxygen atoms in total. The molecule has 1 aliphatic rings. The summed E-state index contributed by atoms with van der Waals surface area (Å²) in [5.41, 5.74) is 0.109. The molecule has 114 valence electrons. The third-order valence-electron chi connectivity index (χ3n) is 4.15. The third kappa shape index (κ3) is 3.41. The first-order chi connectivity index (χ1) is 9.20. The molecule has 1 aromatic rings.